The first-order valence-corrected chi connectivity index (χ1v) is 8.34. The van der Waals surface area contributed by atoms with Crippen molar-refractivity contribution in [1.29, 1.82) is 0 Å². The maximum Gasteiger partial charge on any atom is 0.246 e. The summed E-state index contributed by atoms with van der Waals surface area (Å²) < 4.78 is 10.4. The third-order valence-electron chi connectivity index (χ3n) is 3.23. The Hall–Kier alpha value is -3.37. The van der Waals surface area contributed by atoms with Crippen LogP contribution in [0.5, 0.6) is 5.75 Å². The SMILES string of the molecule is Cc1cccc(C#Cc2cccc(OCCNC(=O)COCC(N)=O)c2)n1. The molecule has 0 spiro atoms. The second-order valence-corrected chi connectivity index (χ2v) is 5.60. The van der Waals surface area contributed by atoms with Gasteiger partial charge in [-0.15, -0.1) is 0 Å². The normalized spacial score (nSPS) is 9.81. The fourth-order valence-electron chi connectivity index (χ4n) is 2.07. The van der Waals surface area contributed by atoms with Crippen LogP contribution in [0.4, 0.5) is 0 Å². The molecule has 27 heavy (non-hydrogen) atoms. The van der Waals surface area contributed by atoms with Crippen LogP contribution in [0, 0.1) is 18.8 Å². The van der Waals surface area contributed by atoms with Crippen LogP contribution in [0.3, 0.4) is 0 Å². The largest absolute Gasteiger partial charge is 0.492 e. The van der Waals surface area contributed by atoms with Crippen LogP contribution < -0.4 is 15.8 Å². The summed E-state index contributed by atoms with van der Waals surface area (Å²) in [5.74, 6) is 5.76. The van der Waals surface area contributed by atoms with E-state index in [0.29, 0.717) is 18.0 Å². The van der Waals surface area contributed by atoms with E-state index in [9.17, 15) is 9.59 Å². The van der Waals surface area contributed by atoms with Gasteiger partial charge in [-0.3, -0.25) is 9.59 Å². The van der Waals surface area contributed by atoms with Crippen LogP contribution in [-0.4, -0.2) is 43.2 Å². The van der Waals surface area contributed by atoms with Crippen molar-refractivity contribution >= 4 is 11.8 Å². The van der Waals surface area contributed by atoms with E-state index in [1.165, 1.54) is 0 Å². The van der Waals surface area contributed by atoms with Gasteiger partial charge in [0.1, 0.15) is 31.3 Å². The van der Waals surface area contributed by atoms with Gasteiger partial charge >= 0.3 is 0 Å². The number of aromatic nitrogens is 1. The first kappa shape index (κ1) is 19.9. The highest BCUT2D eigenvalue weighted by Crippen LogP contribution is 2.12. The summed E-state index contributed by atoms with van der Waals surface area (Å²) in [6.45, 7) is 2.01. The molecule has 0 aliphatic heterocycles. The highest BCUT2D eigenvalue weighted by Gasteiger charge is 2.02. The molecule has 0 aliphatic carbocycles. The molecule has 2 rings (SSSR count). The van der Waals surface area contributed by atoms with Crippen molar-refractivity contribution in [2.24, 2.45) is 5.73 Å². The predicted octanol–water partition coefficient (Wildman–Crippen LogP) is 0.787. The average Bonchev–Trinajstić information content (AvgIpc) is 2.64. The topological polar surface area (TPSA) is 104 Å². The van der Waals surface area contributed by atoms with Crippen LogP contribution in [0.15, 0.2) is 42.5 Å². The number of hydrogen-bond donors (Lipinski definition) is 2. The van der Waals surface area contributed by atoms with Crippen molar-refractivity contribution in [1.82, 2.24) is 10.3 Å². The molecule has 0 fully saturated rings. The van der Waals surface area contributed by atoms with E-state index in [1.54, 1.807) is 0 Å². The number of amides is 2. The standard InChI is InChI=1S/C20H21N3O4/c1-15-4-2-6-17(23-15)9-8-16-5-3-7-18(12-16)27-11-10-22-20(25)14-26-13-19(21)24/h2-7,12H,10-11,13-14H2,1H3,(H2,21,24)(H,22,25). The molecule has 2 amide bonds. The second-order valence-electron chi connectivity index (χ2n) is 5.60. The lowest BCUT2D eigenvalue weighted by molar-refractivity contribution is -0.129. The Morgan fingerprint density at radius 3 is 2.74 bits per heavy atom. The van der Waals surface area contributed by atoms with Gasteiger partial charge in [0.15, 0.2) is 0 Å². The number of nitrogens with two attached hydrogens (primary N) is 1. The molecular weight excluding hydrogens is 346 g/mol. The third-order valence-corrected chi connectivity index (χ3v) is 3.23. The number of carbonyl (C=O) groups excluding carboxylic acids is 2. The predicted molar refractivity (Wildman–Crippen MR) is 99.9 cm³/mol. The van der Waals surface area contributed by atoms with Crippen LogP contribution in [0.2, 0.25) is 0 Å². The van der Waals surface area contributed by atoms with Crippen molar-refractivity contribution in [2.75, 3.05) is 26.4 Å². The van der Waals surface area contributed by atoms with E-state index < -0.39 is 5.91 Å². The van der Waals surface area contributed by atoms with Crippen molar-refractivity contribution in [3.05, 3.63) is 59.4 Å². The van der Waals surface area contributed by atoms with Gasteiger partial charge in [0.05, 0.1) is 6.54 Å². The highest BCUT2D eigenvalue weighted by molar-refractivity contribution is 5.78. The van der Waals surface area contributed by atoms with E-state index in [1.807, 2.05) is 49.4 Å². The van der Waals surface area contributed by atoms with E-state index in [2.05, 4.69) is 22.1 Å². The average molecular weight is 367 g/mol. The van der Waals surface area contributed by atoms with Crippen molar-refractivity contribution in [2.45, 2.75) is 6.92 Å². The fourth-order valence-corrected chi connectivity index (χ4v) is 2.07. The van der Waals surface area contributed by atoms with Gasteiger partial charge in [0.25, 0.3) is 0 Å². The molecule has 0 aliphatic rings. The summed E-state index contributed by atoms with van der Waals surface area (Å²) in [5, 5.41) is 2.62. The molecule has 0 unspecified atom stereocenters. The lowest BCUT2D eigenvalue weighted by Crippen LogP contribution is -2.32. The zero-order valence-electron chi connectivity index (χ0n) is 15.0. The number of aryl methyl sites for hydroxylation is 1. The Bertz CT molecular complexity index is 856. The molecule has 140 valence electrons. The Morgan fingerprint density at radius 1 is 1.15 bits per heavy atom. The molecule has 2 aromatic rings. The lowest BCUT2D eigenvalue weighted by atomic mass is 10.2. The molecule has 0 saturated carbocycles. The monoisotopic (exact) mass is 367 g/mol. The van der Waals surface area contributed by atoms with Crippen molar-refractivity contribution in [3.8, 4) is 17.6 Å². The number of nitrogens with one attached hydrogen (secondary N) is 1. The maximum atomic E-state index is 11.5. The summed E-state index contributed by atoms with van der Waals surface area (Å²) in [7, 11) is 0. The molecule has 0 saturated heterocycles. The molecule has 0 atom stereocenters. The summed E-state index contributed by atoms with van der Waals surface area (Å²) >= 11 is 0. The van der Waals surface area contributed by atoms with Crippen molar-refractivity contribution < 1.29 is 19.1 Å². The van der Waals surface area contributed by atoms with Gasteiger partial charge < -0.3 is 20.5 Å². The molecule has 3 N–H and O–H groups in total. The highest BCUT2D eigenvalue weighted by atomic mass is 16.5. The zero-order valence-corrected chi connectivity index (χ0v) is 15.0. The molecule has 0 radical (unpaired) electrons. The Labute approximate surface area is 157 Å². The Balaban J connectivity index is 1.77. The molecule has 1 heterocycles. The minimum atomic E-state index is -0.618. The minimum absolute atomic E-state index is 0.221. The fraction of sp³-hybridized carbons (Fsp3) is 0.250. The number of ether oxygens (including phenoxy) is 2. The Morgan fingerprint density at radius 2 is 1.96 bits per heavy atom. The van der Waals surface area contributed by atoms with E-state index in [4.69, 9.17) is 15.2 Å². The first-order valence-electron chi connectivity index (χ1n) is 8.34. The van der Waals surface area contributed by atoms with Crippen LogP contribution >= 0.6 is 0 Å². The summed E-state index contributed by atoms with van der Waals surface area (Å²) in [6, 6.07) is 13.1. The molecule has 0 bridgehead atoms. The number of nitrogens with zero attached hydrogens (tertiary/aromatic N) is 1. The number of carbonyl (C=O) groups is 2. The molecule has 7 heteroatoms. The van der Waals surface area contributed by atoms with Crippen molar-refractivity contribution in [3.63, 3.8) is 0 Å². The lowest BCUT2D eigenvalue weighted by Gasteiger charge is -2.08. The number of pyridine rings is 1. The number of rotatable bonds is 8. The van der Waals surface area contributed by atoms with Gasteiger partial charge in [-0.05, 0) is 43.2 Å². The van der Waals surface area contributed by atoms with E-state index in [-0.39, 0.29) is 25.7 Å². The second kappa shape index (κ2) is 10.6. The van der Waals surface area contributed by atoms with Gasteiger partial charge in [-0.25, -0.2) is 4.98 Å². The van der Waals surface area contributed by atoms with Crippen LogP contribution in [0.1, 0.15) is 17.0 Å². The smallest absolute Gasteiger partial charge is 0.246 e. The minimum Gasteiger partial charge on any atom is -0.492 e. The van der Waals surface area contributed by atoms with Crippen LogP contribution in [0.25, 0.3) is 0 Å². The maximum absolute atomic E-state index is 11.5. The van der Waals surface area contributed by atoms with Gasteiger partial charge in [-0.2, -0.15) is 0 Å². The van der Waals surface area contributed by atoms with E-state index in [0.717, 1.165) is 11.3 Å². The molecule has 1 aromatic carbocycles. The summed E-state index contributed by atoms with van der Waals surface area (Å²) in [5.41, 5.74) is 7.34. The van der Waals surface area contributed by atoms with Gasteiger partial charge in [0.2, 0.25) is 11.8 Å². The number of benzene rings is 1. The van der Waals surface area contributed by atoms with Crippen LogP contribution in [-0.2, 0) is 14.3 Å². The zero-order chi connectivity index (χ0) is 19.5. The quantitative estimate of drug-likeness (QED) is 0.530. The van der Waals surface area contributed by atoms with E-state index >= 15 is 0 Å². The number of primary amides is 1. The third kappa shape index (κ3) is 8.03. The molecule has 7 nitrogen and oxygen atoms in total. The van der Waals surface area contributed by atoms with Gasteiger partial charge in [0, 0.05) is 11.3 Å². The molecular formula is C20H21N3O4. The first-order chi connectivity index (χ1) is 13.0. The summed E-state index contributed by atoms with van der Waals surface area (Å²) in [6.07, 6.45) is 0. The number of hydrogen-bond acceptors (Lipinski definition) is 5. The summed E-state index contributed by atoms with van der Waals surface area (Å²) in [4.78, 5) is 26.3. The van der Waals surface area contributed by atoms with Gasteiger partial charge in [-0.1, -0.05) is 18.1 Å². The Kier molecular flexibility index (Phi) is 7.82. The molecule has 1 aromatic heterocycles.